The predicted molar refractivity (Wildman–Crippen MR) is 78.4 cm³/mol. The zero-order valence-corrected chi connectivity index (χ0v) is 12.3. The number of phenolic OH excluding ortho intramolecular Hbond substituents is 1. The van der Waals surface area contributed by atoms with Gasteiger partial charge in [-0.25, -0.2) is 12.8 Å². The Morgan fingerprint density at radius 2 is 2.10 bits per heavy atom. The number of benzene rings is 1. The van der Waals surface area contributed by atoms with E-state index < -0.39 is 21.6 Å². The Morgan fingerprint density at radius 1 is 1.33 bits per heavy atom. The van der Waals surface area contributed by atoms with E-state index in [1.54, 1.807) is 24.4 Å². The molecule has 112 valence electrons. The van der Waals surface area contributed by atoms with E-state index in [-0.39, 0.29) is 22.9 Å². The number of hydrogen-bond donors (Lipinski definition) is 2. The number of nitrogens with one attached hydrogen (secondary N) is 1. The lowest BCUT2D eigenvalue weighted by Gasteiger charge is -2.10. The Balaban J connectivity index is 2.09. The van der Waals surface area contributed by atoms with Gasteiger partial charge in [0.15, 0.2) is 0 Å². The molecule has 0 saturated carbocycles. The molecule has 1 aromatic heterocycles. The summed E-state index contributed by atoms with van der Waals surface area (Å²) in [5.74, 6) is -1.58. The monoisotopic (exact) mass is 330 g/mol. The molecule has 0 aliphatic heterocycles. The first kappa shape index (κ1) is 15.5. The Bertz CT molecular complexity index is 739. The van der Waals surface area contributed by atoms with Gasteiger partial charge in [0, 0.05) is 24.4 Å². The number of pyridine rings is 1. The number of aryl methyl sites for hydroxylation is 1. The molecule has 2 rings (SSSR count). The Kier molecular flexibility index (Phi) is 4.64. The van der Waals surface area contributed by atoms with Crippen LogP contribution < -0.4 is 4.72 Å². The highest BCUT2D eigenvalue weighted by molar-refractivity contribution is 7.92. The Morgan fingerprint density at radius 3 is 2.76 bits per heavy atom. The molecule has 0 saturated heterocycles. The average Bonchev–Trinajstić information content (AvgIpc) is 2.44. The lowest BCUT2D eigenvalue weighted by atomic mass is 10.3. The molecular formula is C13H12ClFN2O3S. The van der Waals surface area contributed by atoms with Crippen LogP contribution in [0.1, 0.15) is 5.69 Å². The van der Waals surface area contributed by atoms with Gasteiger partial charge in [-0.3, -0.25) is 9.71 Å². The molecule has 0 aliphatic rings. The van der Waals surface area contributed by atoms with Crippen LogP contribution in [0.2, 0.25) is 5.02 Å². The molecule has 0 fully saturated rings. The van der Waals surface area contributed by atoms with Crippen LogP contribution >= 0.6 is 11.6 Å². The van der Waals surface area contributed by atoms with E-state index in [0.717, 1.165) is 12.1 Å². The maximum Gasteiger partial charge on any atom is 0.233 e. The van der Waals surface area contributed by atoms with Crippen LogP contribution in [0, 0.1) is 5.82 Å². The van der Waals surface area contributed by atoms with E-state index in [4.69, 9.17) is 11.6 Å². The number of halogens is 2. The molecule has 5 nitrogen and oxygen atoms in total. The maximum atomic E-state index is 13.1. The van der Waals surface area contributed by atoms with E-state index in [1.807, 2.05) is 0 Å². The molecule has 8 heteroatoms. The third-order valence-corrected chi connectivity index (χ3v) is 4.22. The number of hydrogen-bond acceptors (Lipinski definition) is 4. The van der Waals surface area contributed by atoms with Gasteiger partial charge in [0.1, 0.15) is 11.6 Å². The fourth-order valence-electron chi connectivity index (χ4n) is 1.62. The first-order valence-corrected chi connectivity index (χ1v) is 7.99. The molecular weight excluding hydrogens is 319 g/mol. The van der Waals surface area contributed by atoms with Crippen LogP contribution in [0.15, 0.2) is 36.5 Å². The normalized spacial score (nSPS) is 11.3. The van der Waals surface area contributed by atoms with Gasteiger partial charge in [-0.15, -0.1) is 0 Å². The van der Waals surface area contributed by atoms with E-state index in [9.17, 15) is 17.9 Å². The number of sulfonamides is 1. The van der Waals surface area contributed by atoms with Crippen LogP contribution in [0.3, 0.4) is 0 Å². The highest BCUT2D eigenvalue weighted by Crippen LogP contribution is 2.30. The highest BCUT2D eigenvalue weighted by Gasteiger charge is 2.15. The molecule has 21 heavy (non-hydrogen) atoms. The van der Waals surface area contributed by atoms with Gasteiger partial charge in [-0.1, -0.05) is 17.7 Å². The number of phenols is 1. The third-order valence-electron chi connectivity index (χ3n) is 2.66. The molecule has 0 radical (unpaired) electrons. The fraction of sp³-hybridized carbons (Fsp3) is 0.154. The third kappa shape index (κ3) is 4.30. The Hall–Kier alpha value is -1.86. The zero-order chi connectivity index (χ0) is 15.5. The van der Waals surface area contributed by atoms with E-state index in [1.165, 1.54) is 0 Å². The Labute approximate surface area is 126 Å². The zero-order valence-electron chi connectivity index (χ0n) is 10.8. The summed E-state index contributed by atoms with van der Waals surface area (Å²) in [7, 11) is -3.72. The van der Waals surface area contributed by atoms with Gasteiger partial charge in [-0.2, -0.15) is 0 Å². The smallest absolute Gasteiger partial charge is 0.233 e. The van der Waals surface area contributed by atoms with Crippen LogP contribution in [0.5, 0.6) is 5.75 Å². The van der Waals surface area contributed by atoms with E-state index >= 15 is 0 Å². The standard InChI is InChI=1S/C13H12ClFN2O3S/c14-10-7-12(13(18)8-11(10)15)17-21(19,20)6-4-9-3-1-2-5-16-9/h1-3,5,7-8,17-18H,4,6H2. The van der Waals surface area contributed by atoms with Crippen molar-refractivity contribution in [2.45, 2.75) is 6.42 Å². The number of nitrogens with zero attached hydrogens (tertiary/aromatic N) is 1. The minimum Gasteiger partial charge on any atom is -0.506 e. The van der Waals surface area contributed by atoms with Gasteiger partial charge < -0.3 is 5.11 Å². The number of aromatic hydroxyl groups is 1. The second-order valence-electron chi connectivity index (χ2n) is 4.28. The molecule has 1 heterocycles. The van der Waals surface area contributed by atoms with Crippen LogP contribution in [-0.2, 0) is 16.4 Å². The van der Waals surface area contributed by atoms with Gasteiger partial charge >= 0.3 is 0 Å². The molecule has 2 N–H and O–H groups in total. The molecule has 0 aliphatic carbocycles. The summed E-state index contributed by atoms with van der Waals surface area (Å²) in [5, 5.41) is 9.24. The van der Waals surface area contributed by atoms with Gasteiger partial charge in [0.25, 0.3) is 0 Å². The summed E-state index contributed by atoms with van der Waals surface area (Å²) in [6.45, 7) is 0. The number of rotatable bonds is 5. The molecule has 0 amide bonds. The molecule has 0 unspecified atom stereocenters. The average molecular weight is 331 g/mol. The second kappa shape index (κ2) is 6.28. The molecule has 0 bridgehead atoms. The second-order valence-corrected chi connectivity index (χ2v) is 6.52. The first-order valence-electron chi connectivity index (χ1n) is 5.96. The minimum atomic E-state index is -3.72. The summed E-state index contributed by atoms with van der Waals surface area (Å²) in [5.41, 5.74) is 0.464. The van der Waals surface area contributed by atoms with Crippen molar-refractivity contribution in [1.82, 2.24) is 4.98 Å². The summed E-state index contributed by atoms with van der Waals surface area (Å²) in [6, 6.07) is 6.97. The van der Waals surface area contributed by atoms with Gasteiger partial charge in [0.05, 0.1) is 16.5 Å². The topological polar surface area (TPSA) is 79.3 Å². The van der Waals surface area contributed by atoms with Crippen LogP contribution in [0.25, 0.3) is 0 Å². The van der Waals surface area contributed by atoms with Gasteiger partial charge in [0.2, 0.25) is 10.0 Å². The lowest BCUT2D eigenvalue weighted by molar-refractivity contribution is 0.471. The van der Waals surface area contributed by atoms with E-state index in [2.05, 4.69) is 9.71 Å². The molecule has 0 spiro atoms. The van der Waals surface area contributed by atoms with Crippen molar-refractivity contribution in [3.05, 3.63) is 53.1 Å². The fourth-order valence-corrected chi connectivity index (χ4v) is 2.86. The molecule has 1 aromatic carbocycles. The lowest BCUT2D eigenvalue weighted by Crippen LogP contribution is -2.18. The van der Waals surface area contributed by atoms with Crippen LogP contribution in [0.4, 0.5) is 10.1 Å². The number of anilines is 1. The van der Waals surface area contributed by atoms with Crippen LogP contribution in [-0.4, -0.2) is 24.3 Å². The van der Waals surface area contributed by atoms with Gasteiger partial charge in [-0.05, 0) is 18.2 Å². The van der Waals surface area contributed by atoms with Crippen molar-refractivity contribution < 1.29 is 17.9 Å². The summed E-state index contributed by atoms with van der Waals surface area (Å²) in [6.07, 6.45) is 1.78. The molecule has 2 aromatic rings. The van der Waals surface area contributed by atoms with Crippen molar-refractivity contribution in [1.29, 1.82) is 0 Å². The summed E-state index contributed by atoms with van der Waals surface area (Å²) >= 11 is 5.56. The first-order chi connectivity index (χ1) is 9.87. The van der Waals surface area contributed by atoms with Crippen molar-refractivity contribution in [2.24, 2.45) is 0 Å². The molecule has 0 atom stereocenters. The summed E-state index contributed by atoms with van der Waals surface area (Å²) < 4.78 is 39.1. The largest absolute Gasteiger partial charge is 0.506 e. The minimum absolute atomic E-state index is 0.164. The predicted octanol–water partition coefficient (Wildman–Crippen LogP) is 2.56. The quantitative estimate of drug-likeness (QED) is 0.826. The highest BCUT2D eigenvalue weighted by atomic mass is 35.5. The van der Waals surface area contributed by atoms with Crippen molar-refractivity contribution in [3.8, 4) is 5.75 Å². The summed E-state index contributed by atoms with van der Waals surface area (Å²) in [4.78, 5) is 4.02. The van der Waals surface area contributed by atoms with Crippen molar-refractivity contribution in [3.63, 3.8) is 0 Å². The number of aromatic nitrogens is 1. The van der Waals surface area contributed by atoms with Crippen molar-refractivity contribution >= 4 is 27.3 Å². The SMILES string of the molecule is O=S(=O)(CCc1ccccn1)Nc1cc(Cl)c(F)cc1O. The van der Waals surface area contributed by atoms with E-state index in [0.29, 0.717) is 5.69 Å². The maximum absolute atomic E-state index is 13.1. The van der Waals surface area contributed by atoms with Crippen molar-refractivity contribution in [2.75, 3.05) is 10.5 Å².